The molecule has 0 spiro atoms. The summed E-state index contributed by atoms with van der Waals surface area (Å²) in [7, 11) is 0. The van der Waals surface area contributed by atoms with E-state index in [1.807, 2.05) is 17.0 Å². The minimum Gasteiger partial charge on any atom is -0.378 e. The van der Waals surface area contributed by atoms with Crippen LogP contribution in [0.4, 0.5) is 11.4 Å². The Labute approximate surface area is 149 Å². The Morgan fingerprint density at radius 2 is 1.72 bits per heavy atom. The smallest absolute Gasteiger partial charge is 0.258 e. The third-order valence-corrected chi connectivity index (χ3v) is 5.17. The molecule has 4 rings (SSSR count). The second-order valence-corrected chi connectivity index (χ2v) is 6.94. The van der Waals surface area contributed by atoms with E-state index in [0.29, 0.717) is 0 Å². The van der Waals surface area contributed by atoms with Gasteiger partial charge < -0.3 is 14.5 Å². The standard InChI is InChI=1S/C21H24N2O2/c1-15-3-5-20-17(13-15)7-8-23(20)21(24)18-4-6-19(16(2)14-18)22-9-11-25-12-10-22/h3-6,13-14H,7-12H2,1-2H3. The van der Waals surface area contributed by atoms with Crippen LogP contribution >= 0.6 is 0 Å². The molecule has 0 bridgehead atoms. The SMILES string of the molecule is Cc1ccc2c(c1)CCN2C(=O)c1ccc(N2CCOCC2)c(C)c1. The van der Waals surface area contributed by atoms with Crippen LogP contribution in [0.5, 0.6) is 0 Å². The van der Waals surface area contributed by atoms with Crippen molar-refractivity contribution >= 4 is 17.3 Å². The van der Waals surface area contributed by atoms with Crippen molar-refractivity contribution in [3.63, 3.8) is 0 Å². The molecule has 130 valence electrons. The van der Waals surface area contributed by atoms with E-state index in [9.17, 15) is 4.79 Å². The number of carbonyl (C=O) groups excluding carboxylic acids is 1. The number of rotatable bonds is 2. The summed E-state index contributed by atoms with van der Waals surface area (Å²) in [5.74, 6) is 0.0965. The van der Waals surface area contributed by atoms with Crippen LogP contribution in [0.3, 0.4) is 0 Å². The van der Waals surface area contributed by atoms with Crippen LogP contribution < -0.4 is 9.80 Å². The maximum Gasteiger partial charge on any atom is 0.258 e. The molecule has 0 aromatic heterocycles. The van der Waals surface area contributed by atoms with Gasteiger partial charge >= 0.3 is 0 Å². The summed E-state index contributed by atoms with van der Waals surface area (Å²) in [6, 6.07) is 12.4. The lowest BCUT2D eigenvalue weighted by molar-refractivity contribution is 0.0989. The van der Waals surface area contributed by atoms with Crippen molar-refractivity contribution in [2.24, 2.45) is 0 Å². The molecule has 2 aromatic rings. The predicted molar refractivity (Wildman–Crippen MR) is 101 cm³/mol. The minimum absolute atomic E-state index is 0.0965. The molecular weight excluding hydrogens is 312 g/mol. The number of nitrogens with zero attached hydrogens (tertiary/aromatic N) is 2. The van der Waals surface area contributed by atoms with Gasteiger partial charge in [-0.25, -0.2) is 0 Å². The molecule has 2 aliphatic heterocycles. The molecule has 0 radical (unpaired) electrons. The van der Waals surface area contributed by atoms with Gasteiger partial charge in [-0.2, -0.15) is 0 Å². The first-order chi connectivity index (χ1) is 12.1. The molecule has 2 heterocycles. The first kappa shape index (κ1) is 16.2. The summed E-state index contributed by atoms with van der Waals surface area (Å²) in [6.45, 7) is 8.30. The highest BCUT2D eigenvalue weighted by Gasteiger charge is 2.26. The lowest BCUT2D eigenvalue weighted by Gasteiger charge is -2.30. The summed E-state index contributed by atoms with van der Waals surface area (Å²) < 4.78 is 5.43. The Hall–Kier alpha value is -2.33. The highest BCUT2D eigenvalue weighted by atomic mass is 16.5. The van der Waals surface area contributed by atoms with E-state index < -0.39 is 0 Å². The van der Waals surface area contributed by atoms with Crippen molar-refractivity contribution in [3.05, 3.63) is 58.7 Å². The van der Waals surface area contributed by atoms with E-state index in [1.54, 1.807) is 0 Å². The van der Waals surface area contributed by atoms with Crippen LogP contribution in [0, 0.1) is 13.8 Å². The van der Waals surface area contributed by atoms with Gasteiger partial charge in [0.15, 0.2) is 0 Å². The molecule has 0 saturated carbocycles. The van der Waals surface area contributed by atoms with Crippen molar-refractivity contribution in [2.75, 3.05) is 42.6 Å². The largest absolute Gasteiger partial charge is 0.378 e. The van der Waals surface area contributed by atoms with Gasteiger partial charge in [0, 0.05) is 36.6 Å². The zero-order valence-electron chi connectivity index (χ0n) is 14.9. The molecule has 1 saturated heterocycles. The Kier molecular flexibility index (Phi) is 4.22. The molecule has 1 fully saturated rings. The third kappa shape index (κ3) is 3.02. The first-order valence-corrected chi connectivity index (χ1v) is 8.98. The molecule has 2 aromatic carbocycles. The van der Waals surface area contributed by atoms with E-state index >= 15 is 0 Å². The van der Waals surface area contributed by atoms with Gasteiger partial charge in [-0.3, -0.25) is 4.79 Å². The van der Waals surface area contributed by atoms with Gasteiger partial charge in [0.05, 0.1) is 13.2 Å². The van der Waals surface area contributed by atoms with Gasteiger partial charge in [-0.1, -0.05) is 17.7 Å². The summed E-state index contributed by atoms with van der Waals surface area (Å²) in [6.07, 6.45) is 0.938. The van der Waals surface area contributed by atoms with Crippen LogP contribution in [0.15, 0.2) is 36.4 Å². The Bertz CT molecular complexity index is 810. The van der Waals surface area contributed by atoms with E-state index in [1.165, 1.54) is 16.8 Å². The molecule has 2 aliphatic rings. The van der Waals surface area contributed by atoms with Crippen molar-refractivity contribution in [1.29, 1.82) is 0 Å². The third-order valence-electron chi connectivity index (χ3n) is 5.17. The number of ether oxygens (including phenoxy) is 1. The number of amides is 1. The van der Waals surface area contributed by atoms with Gasteiger partial charge in [0.25, 0.3) is 5.91 Å². The highest BCUT2D eigenvalue weighted by molar-refractivity contribution is 6.07. The average Bonchev–Trinajstić information content (AvgIpc) is 3.04. The highest BCUT2D eigenvalue weighted by Crippen LogP contribution is 2.31. The molecule has 0 unspecified atom stereocenters. The first-order valence-electron chi connectivity index (χ1n) is 8.98. The van der Waals surface area contributed by atoms with Crippen molar-refractivity contribution < 1.29 is 9.53 Å². The monoisotopic (exact) mass is 336 g/mol. The molecule has 25 heavy (non-hydrogen) atoms. The molecule has 4 heteroatoms. The van der Waals surface area contributed by atoms with E-state index in [2.05, 4.69) is 43.0 Å². The van der Waals surface area contributed by atoms with Gasteiger partial charge in [-0.15, -0.1) is 0 Å². The number of morpholine rings is 1. The second-order valence-electron chi connectivity index (χ2n) is 6.94. The fourth-order valence-electron chi connectivity index (χ4n) is 3.84. The number of benzene rings is 2. The fraction of sp³-hybridized carbons (Fsp3) is 0.381. The number of hydrogen-bond acceptors (Lipinski definition) is 3. The predicted octanol–water partition coefficient (Wildman–Crippen LogP) is 3.34. The Balaban J connectivity index is 1.58. The Morgan fingerprint density at radius 1 is 0.960 bits per heavy atom. The van der Waals surface area contributed by atoms with Crippen LogP contribution in [0.25, 0.3) is 0 Å². The van der Waals surface area contributed by atoms with Gasteiger partial charge in [0.1, 0.15) is 0 Å². The summed E-state index contributed by atoms with van der Waals surface area (Å²) in [4.78, 5) is 17.3. The van der Waals surface area contributed by atoms with Crippen molar-refractivity contribution in [2.45, 2.75) is 20.3 Å². The lowest BCUT2D eigenvalue weighted by Crippen LogP contribution is -2.36. The number of aryl methyl sites for hydroxylation is 2. The number of hydrogen-bond donors (Lipinski definition) is 0. The number of carbonyl (C=O) groups is 1. The lowest BCUT2D eigenvalue weighted by atomic mass is 10.1. The summed E-state index contributed by atoms with van der Waals surface area (Å²) >= 11 is 0. The molecular formula is C21H24N2O2. The zero-order valence-corrected chi connectivity index (χ0v) is 14.9. The zero-order chi connectivity index (χ0) is 17.4. The van der Waals surface area contributed by atoms with Crippen LogP contribution in [0.2, 0.25) is 0 Å². The van der Waals surface area contributed by atoms with Crippen LogP contribution in [-0.2, 0) is 11.2 Å². The van der Waals surface area contributed by atoms with Crippen molar-refractivity contribution in [1.82, 2.24) is 0 Å². The van der Waals surface area contributed by atoms with Crippen molar-refractivity contribution in [3.8, 4) is 0 Å². The van der Waals surface area contributed by atoms with Gasteiger partial charge in [0.2, 0.25) is 0 Å². The number of fused-ring (bicyclic) bond motifs is 1. The topological polar surface area (TPSA) is 32.8 Å². The number of anilines is 2. The van der Waals surface area contributed by atoms with Gasteiger partial charge in [-0.05, 0) is 55.7 Å². The maximum absolute atomic E-state index is 13.0. The Morgan fingerprint density at radius 3 is 2.48 bits per heavy atom. The minimum atomic E-state index is 0.0965. The molecule has 0 atom stereocenters. The maximum atomic E-state index is 13.0. The van der Waals surface area contributed by atoms with Crippen LogP contribution in [0.1, 0.15) is 27.0 Å². The molecule has 0 aliphatic carbocycles. The summed E-state index contributed by atoms with van der Waals surface area (Å²) in [5, 5.41) is 0. The van der Waals surface area contributed by atoms with E-state index in [0.717, 1.165) is 56.1 Å². The molecule has 0 N–H and O–H groups in total. The second kappa shape index (κ2) is 6.52. The van der Waals surface area contributed by atoms with E-state index in [-0.39, 0.29) is 5.91 Å². The van der Waals surface area contributed by atoms with Crippen LogP contribution in [-0.4, -0.2) is 38.8 Å². The molecule has 1 amide bonds. The fourth-order valence-corrected chi connectivity index (χ4v) is 3.84. The normalized spacial score (nSPS) is 16.9. The average molecular weight is 336 g/mol. The summed E-state index contributed by atoms with van der Waals surface area (Å²) in [5.41, 5.74) is 6.70. The van der Waals surface area contributed by atoms with E-state index in [4.69, 9.17) is 4.74 Å². The quantitative estimate of drug-likeness (QED) is 0.843. The molecule has 4 nitrogen and oxygen atoms in total.